The second kappa shape index (κ2) is 10.6. The molecule has 7 heteroatoms. The van der Waals surface area contributed by atoms with Gasteiger partial charge in [0.1, 0.15) is 11.6 Å². The van der Waals surface area contributed by atoms with E-state index in [-0.39, 0.29) is 17.8 Å². The zero-order valence-electron chi connectivity index (χ0n) is 18.2. The molecule has 1 aliphatic heterocycles. The van der Waals surface area contributed by atoms with E-state index < -0.39 is 6.17 Å². The van der Waals surface area contributed by atoms with Crippen molar-refractivity contribution in [3.63, 3.8) is 0 Å². The summed E-state index contributed by atoms with van der Waals surface area (Å²) in [5, 5.41) is 13.0. The lowest BCUT2D eigenvalue weighted by atomic mass is 9.90. The summed E-state index contributed by atoms with van der Waals surface area (Å²) in [6.07, 6.45) is 6.44. The van der Waals surface area contributed by atoms with Crippen molar-refractivity contribution in [3.8, 4) is 0 Å². The van der Waals surface area contributed by atoms with Crippen molar-refractivity contribution < 1.29 is 9.18 Å². The number of carbonyl (C=O) groups is 1. The van der Waals surface area contributed by atoms with E-state index >= 15 is 0 Å². The van der Waals surface area contributed by atoms with E-state index in [0.717, 1.165) is 25.0 Å². The van der Waals surface area contributed by atoms with Gasteiger partial charge in [0.15, 0.2) is 0 Å². The zero-order valence-corrected chi connectivity index (χ0v) is 18.2. The lowest BCUT2D eigenvalue weighted by molar-refractivity contribution is -0.117. The highest BCUT2D eigenvalue weighted by atomic mass is 19.1. The summed E-state index contributed by atoms with van der Waals surface area (Å²) >= 11 is 0. The highest BCUT2D eigenvalue weighted by molar-refractivity contribution is 5.97. The predicted octanol–water partition coefficient (Wildman–Crippen LogP) is 2.33. The topological polar surface area (TPSA) is 91.2 Å². The van der Waals surface area contributed by atoms with Gasteiger partial charge in [-0.15, -0.1) is 0 Å². The largest absolute Gasteiger partial charge is 0.371 e. The summed E-state index contributed by atoms with van der Waals surface area (Å²) < 4.78 is 14.0. The van der Waals surface area contributed by atoms with Crippen LogP contribution in [0.25, 0.3) is 0 Å². The SMILES string of the molecule is CCC(CCNC1=C(C(=O)NC(C)N)C=C2C=CC(F)=C(C)C2N1)NCC(C)C. The van der Waals surface area contributed by atoms with E-state index in [1.807, 2.05) is 6.08 Å². The Morgan fingerprint density at radius 3 is 2.66 bits per heavy atom. The number of dihydropyridines is 1. The molecule has 3 unspecified atom stereocenters. The summed E-state index contributed by atoms with van der Waals surface area (Å²) in [6.45, 7) is 11.7. The van der Waals surface area contributed by atoms with Crippen molar-refractivity contribution in [1.82, 2.24) is 21.3 Å². The first-order valence-electron chi connectivity index (χ1n) is 10.5. The van der Waals surface area contributed by atoms with Gasteiger partial charge < -0.3 is 27.0 Å². The first-order valence-corrected chi connectivity index (χ1v) is 10.5. The number of hydrogen-bond acceptors (Lipinski definition) is 5. The molecule has 1 heterocycles. The number of rotatable bonds is 10. The average molecular weight is 406 g/mol. The molecule has 6 N–H and O–H groups in total. The highest BCUT2D eigenvalue weighted by Gasteiger charge is 2.29. The van der Waals surface area contributed by atoms with Gasteiger partial charge in [-0.2, -0.15) is 0 Å². The number of hydrogen-bond donors (Lipinski definition) is 5. The Balaban J connectivity index is 2.14. The number of nitrogens with two attached hydrogens (primary N) is 1. The summed E-state index contributed by atoms with van der Waals surface area (Å²) in [5.74, 6) is 0.706. The number of nitrogens with one attached hydrogen (secondary N) is 4. The minimum Gasteiger partial charge on any atom is -0.371 e. The number of fused-ring (bicyclic) bond motifs is 1. The van der Waals surface area contributed by atoms with Crippen molar-refractivity contribution in [1.29, 1.82) is 0 Å². The van der Waals surface area contributed by atoms with Crippen LogP contribution in [-0.4, -0.2) is 37.2 Å². The Bertz CT molecular complexity index is 721. The van der Waals surface area contributed by atoms with Gasteiger partial charge in [0.25, 0.3) is 5.91 Å². The summed E-state index contributed by atoms with van der Waals surface area (Å²) in [4.78, 5) is 12.7. The van der Waals surface area contributed by atoms with Crippen LogP contribution >= 0.6 is 0 Å². The van der Waals surface area contributed by atoms with Crippen LogP contribution < -0.4 is 27.0 Å². The van der Waals surface area contributed by atoms with Gasteiger partial charge in [-0.05, 0) is 62.5 Å². The monoisotopic (exact) mass is 405 g/mol. The van der Waals surface area contributed by atoms with Gasteiger partial charge in [-0.25, -0.2) is 4.39 Å². The molecular weight excluding hydrogens is 369 g/mol. The number of amides is 1. The summed E-state index contributed by atoms with van der Waals surface area (Å²) in [6, 6.07) is 0.119. The fourth-order valence-corrected chi connectivity index (χ4v) is 3.40. The third-order valence-corrected chi connectivity index (χ3v) is 5.14. The van der Waals surface area contributed by atoms with E-state index in [4.69, 9.17) is 5.73 Å². The van der Waals surface area contributed by atoms with Crippen molar-refractivity contribution in [2.24, 2.45) is 11.7 Å². The molecule has 6 nitrogen and oxygen atoms in total. The fourth-order valence-electron chi connectivity index (χ4n) is 3.40. The number of halogens is 1. The van der Waals surface area contributed by atoms with Crippen molar-refractivity contribution in [2.45, 2.75) is 65.7 Å². The molecular formula is C22H36FN5O. The Kier molecular flexibility index (Phi) is 8.46. The molecule has 1 aliphatic carbocycles. The molecule has 0 radical (unpaired) electrons. The third kappa shape index (κ3) is 6.44. The van der Waals surface area contributed by atoms with Crippen LogP contribution in [0.3, 0.4) is 0 Å². The average Bonchev–Trinajstić information content (AvgIpc) is 2.66. The van der Waals surface area contributed by atoms with Gasteiger partial charge in [0.05, 0.1) is 17.8 Å². The summed E-state index contributed by atoms with van der Waals surface area (Å²) in [7, 11) is 0. The van der Waals surface area contributed by atoms with Crippen LogP contribution in [0.15, 0.2) is 46.6 Å². The van der Waals surface area contributed by atoms with Gasteiger partial charge in [-0.1, -0.05) is 26.8 Å². The molecule has 3 atom stereocenters. The Labute approximate surface area is 173 Å². The Hall–Kier alpha value is -2.12. The zero-order chi connectivity index (χ0) is 21.6. The molecule has 0 aromatic rings. The van der Waals surface area contributed by atoms with Crippen LogP contribution in [0.4, 0.5) is 4.39 Å². The first-order chi connectivity index (χ1) is 13.7. The Morgan fingerprint density at radius 2 is 2.03 bits per heavy atom. The first kappa shape index (κ1) is 23.2. The third-order valence-electron chi connectivity index (χ3n) is 5.14. The second-order valence-corrected chi connectivity index (χ2v) is 8.26. The molecule has 2 rings (SSSR count). The summed E-state index contributed by atoms with van der Waals surface area (Å²) in [5.41, 5.74) is 7.68. The van der Waals surface area contributed by atoms with Crippen molar-refractivity contribution in [3.05, 3.63) is 46.6 Å². The molecule has 2 aliphatic rings. The minimum absolute atomic E-state index is 0.244. The van der Waals surface area contributed by atoms with Crippen LogP contribution in [0, 0.1) is 5.92 Å². The van der Waals surface area contributed by atoms with E-state index in [2.05, 4.69) is 42.0 Å². The second-order valence-electron chi connectivity index (χ2n) is 8.26. The molecule has 0 aromatic heterocycles. The van der Waals surface area contributed by atoms with E-state index in [1.54, 1.807) is 19.9 Å². The molecule has 162 valence electrons. The lowest BCUT2D eigenvalue weighted by Crippen LogP contribution is -2.46. The van der Waals surface area contributed by atoms with Gasteiger partial charge in [-0.3, -0.25) is 4.79 Å². The molecule has 0 saturated heterocycles. The van der Waals surface area contributed by atoms with Crippen LogP contribution in [0.2, 0.25) is 0 Å². The molecule has 0 saturated carbocycles. The van der Waals surface area contributed by atoms with Gasteiger partial charge in [0.2, 0.25) is 0 Å². The molecule has 0 bridgehead atoms. The van der Waals surface area contributed by atoms with E-state index in [1.165, 1.54) is 6.08 Å². The maximum absolute atomic E-state index is 14.0. The molecule has 29 heavy (non-hydrogen) atoms. The maximum Gasteiger partial charge on any atom is 0.256 e. The predicted molar refractivity (Wildman–Crippen MR) is 116 cm³/mol. The smallest absolute Gasteiger partial charge is 0.256 e. The molecule has 0 aromatic carbocycles. The van der Waals surface area contributed by atoms with Gasteiger partial charge in [0, 0.05) is 12.6 Å². The number of carbonyl (C=O) groups excluding carboxylic acids is 1. The van der Waals surface area contributed by atoms with Crippen molar-refractivity contribution >= 4 is 5.91 Å². The van der Waals surface area contributed by atoms with Crippen LogP contribution in [0.1, 0.15) is 47.5 Å². The van der Waals surface area contributed by atoms with Crippen molar-refractivity contribution in [2.75, 3.05) is 13.1 Å². The Morgan fingerprint density at radius 1 is 1.31 bits per heavy atom. The normalized spacial score (nSPS) is 20.8. The maximum atomic E-state index is 14.0. The quantitative estimate of drug-likeness (QED) is 0.360. The lowest BCUT2D eigenvalue weighted by Gasteiger charge is -2.32. The minimum atomic E-state index is -0.460. The molecule has 1 amide bonds. The highest BCUT2D eigenvalue weighted by Crippen LogP contribution is 2.29. The van der Waals surface area contributed by atoms with Gasteiger partial charge >= 0.3 is 0 Å². The van der Waals surface area contributed by atoms with Crippen LogP contribution in [0.5, 0.6) is 0 Å². The molecule has 0 spiro atoms. The number of allylic oxidation sites excluding steroid dienone is 2. The van der Waals surface area contributed by atoms with E-state index in [0.29, 0.717) is 35.5 Å². The van der Waals surface area contributed by atoms with Crippen LogP contribution in [-0.2, 0) is 4.79 Å². The standard InChI is InChI=1S/C22H36FN5O/c1-6-17(26-12-13(2)3)9-10-25-21-18(22(29)27-15(5)24)11-16-7-8-19(23)14(4)20(16)28-21/h7-8,11,13,15,17,20,25-26,28H,6,9-10,12,24H2,1-5H3,(H,27,29). The fraction of sp³-hybridized carbons (Fsp3) is 0.591. The van der Waals surface area contributed by atoms with E-state index in [9.17, 15) is 9.18 Å². The molecule has 0 fully saturated rings.